The minimum absolute atomic E-state index is 0.0318. The quantitative estimate of drug-likeness (QED) is 0.625. The van der Waals surface area contributed by atoms with Crippen molar-refractivity contribution in [2.24, 2.45) is 5.41 Å². The van der Waals surface area contributed by atoms with E-state index in [1.54, 1.807) is 19.1 Å². The van der Waals surface area contributed by atoms with Crippen molar-refractivity contribution in [3.05, 3.63) is 34.9 Å². The van der Waals surface area contributed by atoms with Gasteiger partial charge in [-0.1, -0.05) is 23.8 Å². The molecule has 0 amide bonds. The van der Waals surface area contributed by atoms with E-state index in [-0.39, 0.29) is 18.6 Å². The van der Waals surface area contributed by atoms with Gasteiger partial charge >= 0.3 is 5.97 Å². The third-order valence-electron chi connectivity index (χ3n) is 3.39. The molecule has 0 saturated heterocycles. The fourth-order valence-corrected chi connectivity index (χ4v) is 2.40. The first-order chi connectivity index (χ1) is 8.93. The highest BCUT2D eigenvalue weighted by Gasteiger charge is 2.59. The fourth-order valence-electron chi connectivity index (χ4n) is 2.40. The van der Waals surface area contributed by atoms with Gasteiger partial charge in [-0.15, -0.1) is 0 Å². The van der Waals surface area contributed by atoms with Gasteiger partial charge in [0.2, 0.25) is 0 Å². The van der Waals surface area contributed by atoms with E-state index in [1.807, 2.05) is 0 Å². The summed E-state index contributed by atoms with van der Waals surface area (Å²) in [5.41, 5.74) is -0.829. The van der Waals surface area contributed by atoms with E-state index in [0.717, 1.165) is 5.56 Å². The van der Waals surface area contributed by atoms with Crippen molar-refractivity contribution < 1.29 is 23.1 Å². The van der Waals surface area contributed by atoms with E-state index >= 15 is 0 Å². The van der Waals surface area contributed by atoms with Crippen LogP contribution in [0.4, 0.5) is 8.78 Å². The van der Waals surface area contributed by atoms with Crippen molar-refractivity contribution in [2.75, 3.05) is 6.61 Å². The first-order valence-corrected chi connectivity index (χ1v) is 6.03. The number of halogens is 2. The zero-order chi connectivity index (χ0) is 14.2. The average molecular weight is 268 g/mol. The number of rotatable bonds is 3. The van der Waals surface area contributed by atoms with E-state index in [0.29, 0.717) is 5.56 Å². The van der Waals surface area contributed by atoms with Crippen molar-refractivity contribution in [3.8, 4) is 0 Å². The summed E-state index contributed by atoms with van der Waals surface area (Å²) in [6, 6.07) is 4.83. The number of carbonyl (C=O) groups is 2. The van der Waals surface area contributed by atoms with Crippen LogP contribution in [0.2, 0.25) is 0 Å². The van der Waals surface area contributed by atoms with Crippen LogP contribution in [-0.4, -0.2) is 24.8 Å². The number of Topliss-reactive ketones (excluding diaryl/α,β-unsaturated/α-hetero) is 1. The Labute approximate surface area is 109 Å². The third-order valence-corrected chi connectivity index (χ3v) is 3.39. The highest BCUT2D eigenvalue weighted by Crippen LogP contribution is 2.43. The number of hydrogen-bond acceptors (Lipinski definition) is 3. The molecule has 3 nitrogen and oxygen atoms in total. The molecule has 1 aliphatic carbocycles. The van der Waals surface area contributed by atoms with Crippen molar-refractivity contribution in [2.45, 2.75) is 26.7 Å². The number of aryl methyl sites for hydroxylation is 1. The molecule has 0 bridgehead atoms. The molecule has 0 N–H and O–H groups in total. The van der Waals surface area contributed by atoms with Gasteiger partial charge in [0.1, 0.15) is 0 Å². The summed E-state index contributed by atoms with van der Waals surface area (Å²) in [5, 5.41) is 0. The maximum absolute atomic E-state index is 13.4. The Bertz CT molecular complexity index is 539. The van der Waals surface area contributed by atoms with E-state index in [4.69, 9.17) is 0 Å². The predicted molar refractivity (Wildman–Crippen MR) is 64.3 cm³/mol. The monoisotopic (exact) mass is 268 g/mol. The van der Waals surface area contributed by atoms with Crippen LogP contribution in [-0.2, 0) is 16.0 Å². The number of carbonyl (C=O) groups excluding carboxylic acids is 2. The Kier molecular flexibility index (Phi) is 3.39. The second-order valence-electron chi connectivity index (χ2n) is 4.66. The number of hydrogen-bond donors (Lipinski definition) is 0. The standard InChI is InChI=1S/C14H14F2O3/c1-3-19-13(18)14(12(15)16)7-9-6-8(2)4-5-10(9)11(14)17/h4-6,12H,3,7H2,1-2H3. The SMILES string of the molecule is CCOC(=O)C1(C(F)F)Cc2cc(C)ccc2C1=O. The van der Waals surface area contributed by atoms with Crippen LogP contribution >= 0.6 is 0 Å². The van der Waals surface area contributed by atoms with Crippen molar-refractivity contribution in [3.63, 3.8) is 0 Å². The van der Waals surface area contributed by atoms with Crippen LogP contribution in [0.1, 0.15) is 28.4 Å². The zero-order valence-electron chi connectivity index (χ0n) is 10.7. The molecule has 0 radical (unpaired) electrons. The number of benzene rings is 1. The zero-order valence-corrected chi connectivity index (χ0v) is 10.7. The molecule has 0 aliphatic heterocycles. The number of esters is 1. The fraction of sp³-hybridized carbons (Fsp3) is 0.429. The van der Waals surface area contributed by atoms with E-state index < -0.39 is 23.6 Å². The summed E-state index contributed by atoms with van der Waals surface area (Å²) in [4.78, 5) is 24.1. The van der Waals surface area contributed by atoms with Crippen molar-refractivity contribution in [1.29, 1.82) is 0 Å². The summed E-state index contributed by atoms with van der Waals surface area (Å²) in [5.74, 6) is -1.97. The smallest absolute Gasteiger partial charge is 0.326 e. The Balaban J connectivity index is 2.50. The number of fused-ring (bicyclic) bond motifs is 1. The van der Waals surface area contributed by atoms with Gasteiger partial charge in [-0.2, -0.15) is 0 Å². The second kappa shape index (κ2) is 4.72. The summed E-state index contributed by atoms with van der Waals surface area (Å²) in [7, 11) is 0. The minimum atomic E-state index is -3.08. The first kappa shape index (κ1) is 13.6. The topological polar surface area (TPSA) is 43.4 Å². The molecule has 5 heteroatoms. The van der Waals surface area contributed by atoms with E-state index in [1.165, 1.54) is 13.0 Å². The van der Waals surface area contributed by atoms with E-state index in [2.05, 4.69) is 4.74 Å². The van der Waals surface area contributed by atoms with Crippen LogP contribution in [0.5, 0.6) is 0 Å². The van der Waals surface area contributed by atoms with Crippen molar-refractivity contribution in [1.82, 2.24) is 0 Å². The van der Waals surface area contributed by atoms with Gasteiger partial charge < -0.3 is 4.74 Å². The van der Waals surface area contributed by atoms with Crippen LogP contribution < -0.4 is 0 Å². The largest absolute Gasteiger partial charge is 0.465 e. The van der Waals surface area contributed by atoms with Gasteiger partial charge in [0, 0.05) is 12.0 Å². The molecule has 0 aromatic heterocycles. The van der Waals surface area contributed by atoms with Gasteiger partial charge in [-0.05, 0) is 19.4 Å². The molecule has 0 spiro atoms. The third kappa shape index (κ3) is 1.93. The van der Waals surface area contributed by atoms with E-state index in [9.17, 15) is 18.4 Å². The molecule has 1 unspecified atom stereocenters. The molecule has 0 fully saturated rings. The number of ketones is 1. The number of ether oxygens (including phenoxy) is 1. The Morgan fingerprint density at radius 2 is 2.16 bits per heavy atom. The molecule has 0 saturated carbocycles. The molecule has 102 valence electrons. The lowest BCUT2D eigenvalue weighted by molar-refractivity contribution is -0.159. The van der Waals surface area contributed by atoms with Crippen LogP contribution in [0.3, 0.4) is 0 Å². The molecule has 1 aromatic carbocycles. The highest BCUT2D eigenvalue weighted by atomic mass is 19.3. The van der Waals surface area contributed by atoms with Gasteiger partial charge in [-0.3, -0.25) is 9.59 Å². The highest BCUT2D eigenvalue weighted by molar-refractivity contribution is 6.16. The summed E-state index contributed by atoms with van der Waals surface area (Å²) < 4.78 is 31.4. The predicted octanol–water partition coefficient (Wildman–Crippen LogP) is 2.55. The summed E-state index contributed by atoms with van der Waals surface area (Å²) >= 11 is 0. The molecule has 2 rings (SSSR count). The van der Waals surface area contributed by atoms with Crippen LogP contribution in [0, 0.1) is 12.3 Å². The molecule has 1 atom stereocenters. The second-order valence-corrected chi connectivity index (χ2v) is 4.66. The minimum Gasteiger partial charge on any atom is -0.465 e. The first-order valence-electron chi connectivity index (χ1n) is 6.03. The van der Waals surface area contributed by atoms with Crippen molar-refractivity contribution >= 4 is 11.8 Å². The molecule has 1 aliphatic rings. The Morgan fingerprint density at radius 3 is 2.74 bits per heavy atom. The average Bonchev–Trinajstić information content (AvgIpc) is 2.63. The van der Waals surface area contributed by atoms with Crippen LogP contribution in [0.15, 0.2) is 18.2 Å². The molecular weight excluding hydrogens is 254 g/mol. The van der Waals surface area contributed by atoms with Gasteiger partial charge in [0.05, 0.1) is 6.61 Å². The molecule has 19 heavy (non-hydrogen) atoms. The van der Waals surface area contributed by atoms with Gasteiger partial charge in [0.25, 0.3) is 6.43 Å². The van der Waals surface area contributed by atoms with Gasteiger partial charge in [-0.25, -0.2) is 8.78 Å². The normalized spacial score (nSPS) is 21.6. The summed E-state index contributed by atoms with van der Waals surface area (Å²) in [6.45, 7) is 3.29. The number of alkyl halides is 2. The van der Waals surface area contributed by atoms with Crippen LogP contribution in [0.25, 0.3) is 0 Å². The Morgan fingerprint density at radius 1 is 1.47 bits per heavy atom. The Hall–Kier alpha value is -1.78. The maximum Gasteiger partial charge on any atom is 0.326 e. The molecular formula is C14H14F2O3. The maximum atomic E-state index is 13.4. The lowest BCUT2D eigenvalue weighted by atomic mass is 9.84. The lowest BCUT2D eigenvalue weighted by Crippen LogP contribution is -2.45. The van der Waals surface area contributed by atoms with Gasteiger partial charge in [0.15, 0.2) is 11.2 Å². The summed E-state index contributed by atoms with van der Waals surface area (Å²) in [6.07, 6.45) is -3.37. The molecule has 1 aromatic rings. The lowest BCUT2D eigenvalue weighted by Gasteiger charge is -2.23. The molecule has 0 heterocycles.